The van der Waals surface area contributed by atoms with E-state index in [1.165, 1.54) is 4.90 Å². The van der Waals surface area contributed by atoms with Crippen molar-refractivity contribution >= 4 is 18.0 Å². The van der Waals surface area contributed by atoms with Crippen LogP contribution < -0.4 is 5.32 Å². The molecule has 0 radical (unpaired) electrons. The molecule has 0 rings (SSSR count). The highest BCUT2D eigenvalue weighted by atomic mass is 16.5. The van der Waals surface area contributed by atoms with Gasteiger partial charge in [-0.2, -0.15) is 0 Å². The van der Waals surface area contributed by atoms with Crippen LogP contribution in [0.1, 0.15) is 20.8 Å². The SMILES string of the molecule is CCOC(=O)CN(C(=O)NCC(=O)O)C(C)C. The number of carbonyl (C=O) groups is 3. The van der Waals surface area contributed by atoms with Crippen LogP contribution in [0.15, 0.2) is 0 Å². The molecule has 0 atom stereocenters. The van der Waals surface area contributed by atoms with E-state index in [1.807, 2.05) is 0 Å². The maximum absolute atomic E-state index is 11.6. The zero-order chi connectivity index (χ0) is 13.4. The molecule has 0 unspecified atom stereocenters. The lowest BCUT2D eigenvalue weighted by molar-refractivity contribution is -0.144. The number of hydrogen-bond acceptors (Lipinski definition) is 4. The normalized spacial score (nSPS) is 9.88. The maximum Gasteiger partial charge on any atom is 0.325 e. The fraction of sp³-hybridized carbons (Fsp3) is 0.700. The smallest absolute Gasteiger partial charge is 0.325 e. The van der Waals surface area contributed by atoms with Crippen LogP contribution in [0.4, 0.5) is 4.79 Å². The van der Waals surface area contributed by atoms with E-state index < -0.39 is 24.5 Å². The molecular weight excluding hydrogens is 228 g/mol. The lowest BCUT2D eigenvalue weighted by atomic mass is 10.3. The van der Waals surface area contributed by atoms with Gasteiger partial charge in [0.15, 0.2) is 0 Å². The molecule has 7 heteroatoms. The van der Waals surface area contributed by atoms with Gasteiger partial charge in [0.2, 0.25) is 0 Å². The van der Waals surface area contributed by atoms with Crippen LogP contribution in [0.3, 0.4) is 0 Å². The Bertz CT molecular complexity index is 290. The van der Waals surface area contributed by atoms with Crippen LogP contribution in [-0.4, -0.2) is 53.7 Å². The Morgan fingerprint density at radius 2 is 1.94 bits per heavy atom. The van der Waals surface area contributed by atoms with Gasteiger partial charge in [0, 0.05) is 6.04 Å². The second-order valence-corrected chi connectivity index (χ2v) is 3.58. The van der Waals surface area contributed by atoms with E-state index in [9.17, 15) is 14.4 Å². The number of ether oxygens (including phenoxy) is 1. The molecule has 0 aliphatic heterocycles. The molecule has 2 amide bonds. The average molecular weight is 246 g/mol. The van der Waals surface area contributed by atoms with E-state index in [2.05, 4.69) is 5.32 Å². The van der Waals surface area contributed by atoms with Crippen molar-refractivity contribution in [3.63, 3.8) is 0 Å². The Labute approximate surface area is 99.7 Å². The molecular formula is C10H18N2O5. The van der Waals surface area contributed by atoms with Gasteiger partial charge in [0.25, 0.3) is 0 Å². The largest absolute Gasteiger partial charge is 0.480 e. The van der Waals surface area contributed by atoms with Crippen LogP contribution in [0.5, 0.6) is 0 Å². The van der Waals surface area contributed by atoms with Crippen molar-refractivity contribution in [3.8, 4) is 0 Å². The van der Waals surface area contributed by atoms with Gasteiger partial charge in [-0.15, -0.1) is 0 Å². The summed E-state index contributed by atoms with van der Waals surface area (Å²) in [5, 5.41) is 10.6. The molecule has 0 aliphatic carbocycles. The minimum Gasteiger partial charge on any atom is -0.480 e. The number of esters is 1. The molecule has 0 saturated carbocycles. The van der Waals surface area contributed by atoms with Crippen LogP contribution >= 0.6 is 0 Å². The van der Waals surface area contributed by atoms with E-state index >= 15 is 0 Å². The van der Waals surface area contributed by atoms with Crippen molar-refractivity contribution in [3.05, 3.63) is 0 Å². The molecule has 0 aromatic carbocycles. The molecule has 2 N–H and O–H groups in total. The highest BCUT2D eigenvalue weighted by molar-refractivity contribution is 5.83. The van der Waals surface area contributed by atoms with E-state index in [0.717, 1.165) is 0 Å². The first kappa shape index (κ1) is 15.2. The Balaban J connectivity index is 4.36. The number of carboxylic acid groups (broad SMARTS) is 1. The Morgan fingerprint density at radius 1 is 1.35 bits per heavy atom. The minimum absolute atomic E-state index is 0.197. The number of urea groups is 1. The second-order valence-electron chi connectivity index (χ2n) is 3.58. The van der Waals surface area contributed by atoms with Gasteiger partial charge in [0.1, 0.15) is 13.1 Å². The number of hydrogen-bond donors (Lipinski definition) is 2. The van der Waals surface area contributed by atoms with Crippen molar-refractivity contribution in [2.24, 2.45) is 0 Å². The van der Waals surface area contributed by atoms with Gasteiger partial charge in [0.05, 0.1) is 6.61 Å². The Kier molecular flexibility index (Phi) is 6.69. The lowest BCUT2D eigenvalue weighted by Gasteiger charge is -2.25. The summed E-state index contributed by atoms with van der Waals surface area (Å²) >= 11 is 0. The summed E-state index contributed by atoms with van der Waals surface area (Å²) in [5.74, 6) is -1.66. The van der Waals surface area contributed by atoms with E-state index in [-0.39, 0.29) is 19.2 Å². The van der Waals surface area contributed by atoms with Crippen LogP contribution in [-0.2, 0) is 14.3 Å². The van der Waals surface area contributed by atoms with Gasteiger partial charge < -0.3 is 20.1 Å². The number of carbonyl (C=O) groups excluding carboxylic acids is 2. The zero-order valence-corrected chi connectivity index (χ0v) is 10.2. The first-order chi connectivity index (χ1) is 7.88. The lowest BCUT2D eigenvalue weighted by Crippen LogP contribution is -2.48. The summed E-state index contributed by atoms with van der Waals surface area (Å²) in [5.41, 5.74) is 0. The molecule has 17 heavy (non-hydrogen) atoms. The molecule has 0 bridgehead atoms. The van der Waals surface area contributed by atoms with Gasteiger partial charge in [-0.3, -0.25) is 9.59 Å². The summed E-state index contributed by atoms with van der Waals surface area (Å²) in [6.07, 6.45) is 0. The molecule has 0 heterocycles. The number of carboxylic acids is 1. The monoisotopic (exact) mass is 246 g/mol. The molecule has 0 spiro atoms. The summed E-state index contributed by atoms with van der Waals surface area (Å²) in [6, 6.07) is -0.830. The number of nitrogens with one attached hydrogen (secondary N) is 1. The number of amides is 2. The highest BCUT2D eigenvalue weighted by Gasteiger charge is 2.20. The summed E-state index contributed by atoms with van der Waals surface area (Å²) in [4.78, 5) is 34.3. The zero-order valence-electron chi connectivity index (χ0n) is 10.2. The molecule has 0 saturated heterocycles. The third-order valence-electron chi connectivity index (χ3n) is 1.88. The summed E-state index contributed by atoms with van der Waals surface area (Å²) < 4.78 is 4.72. The first-order valence-electron chi connectivity index (χ1n) is 5.30. The fourth-order valence-electron chi connectivity index (χ4n) is 1.09. The predicted octanol–water partition coefficient (Wildman–Crippen LogP) is 0.0541. The quantitative estimate of drug-likeness (QED) is 0.646. The number of aliphatic carboxylic acids is 1. The fourth-order valence-corrected chi connectivity index (χ4v) is 1.09. The van der Waals surface area contributed by atoms with Gasteiger partial charge in [-0.25, -0.2) is 4.79 Å². The van der Waals surface area contributed by atoms with Gasteiger partial charge >= 0.3 is 18.0 Å². The average Bonchev–Trinajstić information content (AvgIpc) is 2.22. The molecule has 0 aromatic heterocycles. The van der Waals surface area contributed by atoms with Crippen LogP contribution in [0.2, 0.25) is 0 Å². The maximum atomic E-state index is 11.6. The molecule has 0 aliphatic rings. The second kappa shape index (κ2) is 7.48. The van der Waals surface area contributed by atoms with Crippen molar-refractivity contribution in [1.82, 2.24) is 10.2 Å². The minimum atomic E-state index is -1.14. The molecule has 0 aromatic rings. The summed E-state index contributed by atoms with van der Waals surface area (Å²) in [7, 11) is 0. The first-order valence-corrected chi connectivity index (χ1v) is 5.30. The third-order valence-corrected chi connectivity index (χ3v) is 1.88. The van der Waals surface area contributed by atoms with Crippen molar-refractivity contribution in [1.29, 1.82) is 0 Å². The third kappa shape index (κ3) is 6.39. The summed E-state index contributed by atoms with van der Waals surface area (Å²) in [6.45, 7) is 4.67. The Hall–Kier alpha value is -1.79. The molecule has 0 fully saturated rings. The molecule has 7 nitrogen and oxygen atoms in total. The molecule has 98 valence electrons. The van der Waals surface area contributed by atoms with E-state index in [1.54, 1.807) is 20.8 Å². The topological polar surface area (TPSA) is 95.9 Å². The van der Waals surface area contributed by atoms with Crippen molar-refractivity contribution in [2.45, 2.75) is 26.8 Å². The van der Waals surface area contributed by atoms with Crippen LogP contribution in [0.25, 0.3) is 0 Å². The van der Waals surface area contributed by atoms with Gasteiger partial charge in [-0.1, -0.05) is 0 Å². The van der Waals surface area contributed by atoms with Crippen molar-refractivity contribution < 1.29 is 24.2 Å². The number of nitrogens with zero attached hydrogens (tertiary/aromatic N) is 1. The van der Waals surface area contributed by atoms with Crippen LogP contribution in [0, 0.1) is 0 Å². The van der Waals surface area contributed by atoms with E-state index in [4.69, 9.17) is 9.84 Å². The predicted molar refractivity (Wildman–Crippen MR) is 59.5 cm³/mol. The highest BCUT2D eigenvalue weighted by Crippen LogP contribution is 1.99. The number of rotatable bonds is 6. The van der Waals surface area contributed by atoms with Gasteiger partial charge in [-0.05, 0) is 20.8 Å². The standard InChI is InChI=1S/C10H18N2O5/c1-4-17-9(15)6-12(7(2)3)10(16)11-5-8(13)14/h7H,4-6H2,1-3H3,(H,11,16)(H,13,14). The van der Waals surface area contributed by atoms with Crippen molar-refractivity contribution in [2.75, 3.05) is 19.7 Å². The Morgan fingerprint density at radius 3 is 2.35 bits per heavy atom. The van der Waals surface area contributed by atoms with E-state index in [0.29, 0.717) is 0 Å².